The first-order valence-corrected chi connectivity index (χ1v) is 7.15. The third-order valence-electron chi connectivity index (χ3n) is 1.94. The van der Waals surface area contributed by atoms with Crippen molar-refractivity contribution in [2.45, 2.75) is 24.3 Å². The molecule has 0 heterocycles. The van der Waals surface area contributed by atoms with Crippen molar-refractivity contribution in [3.63, 3.8) is 0 Å². The number of hydrogen-bond donors (Lipinski definition) is 1. The van der Waals surface area contributed by atoms with E-state index in [4.69, 9.17) is 0 Å². The molecule has 1 atom stereocenters. The van der Waals surface area contributed by atoms with Crippen LogP contribution in [0.5, 0.6) is 0 Å². The Labute approximate surface area is 98.2 Å². The molecule has 84 valence electrons. The van der Waals surface area contributed by atoms with Crippen LogP contribution in [0.15, 0.2) is 27.6 Å². The molecule has 0 aliphatic rings. The molecule has 0 aromatic heterocycles. The van der Waals surface area contributed by atoms with E-state index < -0.39 is 15.9 Å². The minimum absolute atomic E-state index is 0.284. The van der Waals surface area contributed by atoms with Crippen molar-refractivity contribution in [3.05, 3.63) is 28.2 Å². The maximum absolute atomic E-state index is 11.4. The monoisotopic (exact) mass is 292 g/mol. The lowest BCUT2D eigenvalue weighted by molar-refractivity contribution is 0.194. The lowest BCUT2D eigenvalue weighted by Crippen LogP contribution is -2.09. The molecule has 0 fully saturated rings. The summed E-state index contributed by atoms with van der Waals surface area (Å²) < 4.78 is 23.7. The summed E-state index contributed by atoms with van der Waals surface area (Å²) in [5.41, 5.74) is 0.641. The first-order chi connectivity index (χ1) is 6.80. The summed E-state index contributed by atoms with van der Waals surface area (Å²) in [5.74, 6) is 0. The number of sulfone groups is 1. The molecule has 0 spiro atoms. The van der Waals surface area contributed by atoms with Crippen LogP contribution in [-0.2, 0) is 16.3 Å². The van der Waals surface area contributed by atoms with Crippen LogP contribution in [0.25, 0.3) is 0 Å². The fraction of sp³-hybridized carbons (Fsp3) is 0.400. The highest BCUT2D eigenvalue weighted by molar-refractivity contribution is 9.10. The highest BCUT2D eigenvalue weighted by Gasteiger charge is 2.14. The van der Waals surface area contributed by atoms with Crippen LogP contribution >= 0.6 is 15.9 Å². The Bertz CT molecular complexity index is 452. The lowest BCUT2D eigenvalue weighted by Gasteiger charge is -2.10. The van der Waals surface area contributed by atoms with Gasteiger partial charge in [-0.05, 0) is 37.1 Å². The van der Waals surface area contributed by atoms with E-state index in [1.165, 1.54) is 6.26 Å². The molecule has 0 saturated carbocycles. The van der Waals surface area contributed by atoms with Gasteiger partial charge in [0.2, 0.25) is 0 Å². The number of aliphatic hydroxyl groups is 1. The highest BCUT2D eigenvalue weighted by Crippen LogP contribution is 2.22. The Balaban J connectivity index is 3.27. The standard InChI is InChI=1S/C10H13BrO3S/c1-7(12)5-8-6-9(11)3-4-10(8)15(2,13)14/h3-4,6-7,12H,5H2,1-2H3. The molecule has 1 unspecified atom stereocenters. The summed E-state index contributed by atoms with van der Waals surface area (Å²) in [6.07, 6.45) is 0.948. The quantitative estimate of drug-likeness (QED) is 0.924. The molecule has 0 saturated heterocycles. The van der Waals surface area contributed by atoms with Gasteiger partial charge in [-0.15, -0.1) is 0 Å². The van der Waals surface area contributed by atoms with Crippen LogP contribution in [-0.4, -0.2) is 25.9 Å². The fourth-order valence-corrected chi connectivity index (χ4v) is 2.73. The van der Waals surface area contributed by atoms with Crippen LogP contribution in [0.2, 0.25) is 0 Å². The van der Waals surface area contributed by atoms with Crippen LogP contribution in [0.3, 0.4) is 0 Å². The maximum atomic E-state index is 11.4. The Morgan fingerprint density at radius 2 is 2.07 bits per heavy atom. The second kappa shape index (κ2) is 4.63. The van der Waals surface area contributed by atoms with Crippen molar-refractivity contribution in [1.82, 2.24) is 0 Å². The molecule has 5 heteroatoms. The predicted octanol–water partition coefficient (Wildman–Crippen LogP) is 1.78. The zero-order chi connectivity index (χ0) is 11.6. The Kier molecular flexibility index (Phi) is 3.92. The van der Waals surface area contributed by atoms with Crippen molar-refractivity contribution >= 4 is 25.8 Å². The van der Waals surface area contributed by atoms with Gasteiger partial charge in [0.05, 0.1) is 11.0 Å². The average Bonchev–Trinajstić information content (AvgIpc) is 1.99. The zero-order valence-corrected chi connectivity index (χ0v) is 11.0. The smallest absolute Gasteiger partial charge is 0.175 e. The minimum atomic E-state index is -3.23. The summed E-state index contributed by atoms with van der Waals surface area (Å²) in [5, 5.41) is 9.28. The second-order valence-corrected chi connectivity index (χ2v) is 6.48. The average molecular weight is 293 g/mol. The molecule has 1 aromatic carbocycles. The lowest BCUT2D eigenvalue weighted by atomic mass is 10.1. The molecule has 15 heavy (non-hydrogen) atoms. The van der Waals surface area contributed by atoms with E-state index in [1.807, 2.05) is 0 Å². The zero-order valence-electron chi connectivity index (χ0n) is 8.57. The van der Waals surface area contributed by atoms with E-state index in [-0.39, 0.29) is 4.90 Å². The molecular formula is C10H13BrO3S. The summed E-state index contributed by atoms with van der Waals surface area (Å²) >= 11 is 3.28. The van der Waals surface area contributed by atoms with E-state index in [1.54, 1.807) is 25.1 Å². The van der Waals surface area contributed by atoms with Crippen molar-refractivity contribution < 1.29 is 13.5 Å². The number of halogens is 1. The molecular weight excluding hydrogens is 280 g/mol. The van der Waals surface area contributed by atoms with Gasteiger partial charge in [0, 0.05) is 10.7 Å². The molecule has 0 amide bonds. The predicted molar refractivity (Wildman–Crippen MR) is 62.6 cm³/mol. The van der Waals surface area contributed by atoms with Gasteiger partial charge in [-0.3, -0.25) is 0 Å². The van der Waals surface area contributed by atoms with E-state index in [0.717, 1.165) is 4.47 Å². The first-order valence-electron chi connectivity index (χ1n) is 4.47. The molecule has 0 aliphatic heterocycles. The largest absolute Gasteiger partial charge is 0.393 e. The molecule has 0 bridgehead atoms. The van der Waals surface area contributed by atoms with E-state index in [9.17, 15) is 13.5 Å². The minimum Gasteiger partial charge on any atom is -0.393 e. The Hall–Kier alpha value is -0.390. The van der Waals surface area contributed by atoms with Crippen LogP contribution in [0, 0.1) is 0 Å². The van der Waals surface area contributed by atoms with Crippen molar-refractivity contribution in [2.75, 3.05) is 6.26 Å². The second-order valence-electron chi connectivity index (χ2n) is 3.58. The molecule has 3 nitrogen and oxygen atoms in total. The van der Waals surface area contributed by atoms with Gasteiger partial charge < -0.3 is 5.11 Å². The van der Waals surface area contributed by atoms with Crippen molar-refractivity contribution in [2.24, 2.45) is 0 Å². The van der Waals surface area contributed by atoms with Crippen molar-refractivity contribution in [3.8, 4) is 0 Å². The number of rotatable bonds is 3. The summed E-state index contributed by atoms with van der Waals surface area (Å²) in [4.78, 5) is 0.284. The molecule has 1 rings (SSSR count). The normalized spacial score (nSPS) is 13.9. The van der Waals surface area contributed by atoms with Crippen LogP contribution in [0.1, 0.15) is 12.5 Å². The van der Waals surface area contributed by atoms with Crippen LogP contribution in [0.4, 0.5) is 0 Å². The number of hydrogen-bond acceptors (Lipinski definition) is 3. The molecule has 1 aromatic rings. The van der Waals surface area contributed by atoms with Crippen molar-refractivity contribution in [1.29, 1.82) is 0 Å². The van der Waals surface area contributed by atoms with Gasteiger partial charge in [0.1, 0.15) is 0 Å². The fourth-order valence-electron chi connectivity index (χ4n) is 1.39. The summed E-state index contributed by atoms with van der Waals surface area (Å²) in [7, 11) is -3.23. The van der Waals surface area contributed by atoms with Gasteiger partial charge in [-0.25, -0.2) is 8.42 Å². The summed E-state index contributed by atoms with van der Waals surface area (Å²) in [6.45, 7) is 1.63. The van der Waals surface area contributed by atoms with E-state index in [2.05, 4.69) is 15.9 Å². The van der Waals surface area contributed by atoms with E-state index in [0.29, 0.717) is 12.0 Å². The van der Waals surface area contributed by atoms with Gasteiger partial charge in [-0.1, -0.05) is 15.9 Å². The van der Waals surface area contributed by atoms with Crippen LogP contribution < -0.4 is 0 Å². The highest BCUT2D eigenvalue weighted by atomic mass is 79.9. The van der Waals surface area contributed by atoms with Gasteiger partial charge in [0.15, 0.2) is 9.84 Å². The molecule has 1 N–H and O–H groups in total. The number of aliphatic hydroxyl groups excluding tert-OH is 1. The third-order valence-corrected chi connectivity index (χ3v) is 3.63. The topological polar surface area (TPSA) is 54.4 Å². The number of benzene rings is 1. The first kappa shape index (κ1) is 12.7. The van der Waals surface area contributed by atoms with Gasteiger partial charge in [0.25, 0.3) is 0 Å². The van der Waals surface area contributed by atoms with Gasteiger partial charge >= 0.3 is 0 Å². The molecule has 0 aliphatic carbocycles. The van der Waals surface area contributed by atoms with E-state index >= 15 is 0 Å². The summed E-state index contributed by atoms with van der Waals surface area (Å²) in [6, 6.07) is 4.96. The Morgan fingerprint density at radius 1 is 1.47 bits per heavy atom. The maximum Gasteiger partial charge on any atom is 0.175 e. The third kappa shape index (κ3) is 3.59. The SMILES string of the molecule is CC(O)Cc1cc(Br)ccc1S(C)(=O)=O. The Morgan fingerprint density at radius 3 is 2.53 bits per heavy atom. The molecule has 0 radical (unpaired) electrons. The van der Waals surface area contributed by atoms with Gasteiger partial charge in [-0.2, -0.15) is 0 Å².